The maximum absolute atomic E-state index is 12.8. The van der Waals surface area contributed by atoms with Crippen LogP contribution < -0.4 is 14.5 Å². The van der Waals surface area contributed by atoms with Crippen molar-refractivity contribution in [1.29, 1.82) is 5.26 Å². The Balaban J connectivity index is 1.32. The Morgan fingerprint density at radius 3 is 2.64 bits per heavy atom. The lowest BCUT2D eigenvalue weighted by Crippen LogP contribution is -2.55. The zero-order valence-electron chi connectivity index (χ0n) is 25.9. The molecule has 6 rings (SSSR count). The normalized spacial score (nSPS) is 20.4. The van der Waals surface area contributed by atoms with Crippen LogP contribution in [0.4, 0.5) is 11.5 Å². The predicted molar refractivity (Wildman–Crippen MR) is 171 cm³/mol. The molecule has 1 amide bonds. The minimum absolute atomic E-state index is 0.127. The first kappa shape index (κ1) is 30.3. The Labute approximate surface area is 263 Å². The van der Waals surface area contributed by atoms with Crippen molar-refractivity contribution in [2.24, 2.45) is 0 Å². The second-order valence-corrected chi connectivity index (χ2v) is 12.1. The number of carbonyl (C=O) groups is 2. The first-order chi connectivity index (χ1) is 21.8. The van der Waals surface area contributed by atoms with Gasteiger partial charge in [0.15, 0.2) is 0 Å². The van der Waals surface area contributed by atoms with Crippen LogP contribution in [0.15, 0.2) is 48.6 Å². The summed E-state index contributed by atoms with van der Waals surface area (Å²) in [6.07, 6.45) is 4.98. The first-order valence-corrected chi connectivity index (χ1v) is 15.6. The van der Waals surface area contributed by atoms with E-state index in [1.54, 1.807) is 4.90 Å². The van der Waals surface area contributed by atoms with Crippen molar-refractivity contribution in [1.82, 2.24) is 19.8 Å². The molecule has 0 bridgehead atoms. The van der Waals surface area contributed by atoms with Crippen molar-refractivity contribution in [2.45, 2.75) is 51.2 Å². The number of likely N-dealkylation sites (N-methyl/N-ethyl adjacent to an activating group) is 1. The maximum atomic E-state index is 12.8. The van der Waals surface area contributed by atoms with Gasteiger partial charge < -0.3 is 29.4 Å². The number of benzene rings is 2. The molecule has 4 heterocycles. The number of ether oxygens (including phenoxy) is 1. The number of fused-ring (bicyclic) bond motifs is 2. The lowest BCUT2D eigenvalue weighted by atomic mass is 9.99. The van der Waals surface area contributed by atoms with Gasteiger partial charge in [-0.1, -0.05) is 30.3 Å². The molecule has 2 unspecified atom stereocenters. The van der Waals surface area contributed by atoms with Gasteiger partial charge in [0.25, 0.3) is 0 Å². The number of carboxylic acids is 1. The van der Waals surface area contributed by atoms with Crippen molar-refractivity contribution < 1.29 is 19.4 Å². The van der Waals surface area contributed by atoms with Crippen molar-refractivity contribution in [2.75, 3.05) is 56.2 Å². The Kier molecular flexibility index (Phi) is 8.85. The van der Waals surface area contributed by atoms with E-state index in [9.17, 15) is 14.9 Å². The average molecular weight is 610 g/mol. The maximum Gasteiger partial charge on any atom is 0.328 e. The number of hydrogen-bond acceptors (Lipinski definition) is 9. The van der Waals surface area contributed by atoms with Crippen LogP contribution in [0.25, 0.3) is 10.8 Å². The highest BCUT2D eigenvalue weighted by atomic mass is 16.5. The van der Waals surface area contributed by atoms with Crippen molar-refractivity contribution in [3.63, 3.8) is 0 Å². The van der Waals surface area contributed by atoms with Crippen LogP contribution in [0.2, 0.25) is 0 Å². The van der Waals surface area contributed by atoms with E-state index in [4.69, 9.17) is 19.8 Å². The second-order valence-electron chi connectivity index (χ2n) is 12.1. The van der Waals surface area contributed by atoms with Crippen molar-refractivity contribution in [3.8, 4) is 12.1 Å². The monoisotopic (exact) mass is 609 g/mol. The third kappa shape index (κ3) is 6.42. The summed E-state index contributed by atoms with van der Waals surface area (Å²) in [7, 11) is 2.12. The van der Waals surface area contributed by atoms with Gasteiger partial charge >= 0.3 is 12.0 Å². The van der Waals surface area contributed by atoms with E-state index >= 15 is 0 Å². The van der Waals surface area contributed by atoms with Crippen LogP contribution in [0.1, 0.15) is 36.1 Å². The molecule has 3 aliphatic heterocycles. The number of hydrogen-bond donors (Lipinski definition) is 1. The number of aromatic nitrogens is 2. The number of carbonyl (C=O) groups excluding carboxylic acids is 1. The van der Waals surface area contributed by atoms with Gasteiger partial charge in [0.2, 0.25) is 5.91 Å². The summed E-state index contributed by atoms with van der Waals surface area (Å²) in [5.74, 6) is -0.803. The van der Waals surface area contributed by atoms with Gasteiger partial charge in [0, 0.05) is 61.0 Å². The molecule has 3 aromatic rings. The summed E-state index contributed by atoms with van der Waals surface area (Å²) in [5.41, 5.74) is 4.40. The number of rotatable bonds is 8. The third-order valence-corrected chi connectivity index (χ3v) is 9.29. The molecule has 11 heteroatoms. The van der Waals surface area contributed by atoms with Gasteiger partial charge in [-0.15, -0.1) is 0 Å². The van der Waals surface area contributed by atoms with Crippen LogP contribution >= 0.6 is 0 Å². The largest absolute Gasteiger partial charge is 0.478 e. The number of anilines is 2. The van der Waals surface area contributed by atoms with Gasteiger partial charge in [0.1, 0.15) is 12.4 Å². The topological polar surface area (TPSA) is 126 Å². The average Bonchev–Trinajstić information content (AvgIpc) is 3.46. The summed E-state index contributed by atoms with van der Waals surface area (Å²) in [6.45, 7) is 6.36. The minimum atomic E-state index is -1.18. The van der Waals surface area contributed by atoms with Crippen LogP contribution in [0.3, 0.4) is 0 Å². The van der Waals surface area contributed by atoms with E-state index in [1.165, 1.54) is 22.0 Å². The van der Waals surface area contributed by atoms with Gasteiger partial charge in [-0.25, -0.2) is 4.79 Å². The number of aliphatic carboxylic acids is 1. The van der Waals surface area contributed by atoms with E-state index in [-0.39, 0.29) is 6.42 Å². The van der Waals surface area contributed by atoms with Gasteiger partial charge in [-0.3, -0.25) is 4.79 Å². The molecule has 1 N–H and O–H groups in total. The molecule has 1 aromatic heterocycles. The van der Waals surface area contributed by atoms with Crippen LogP contribution in [0, 0.1) is 18.3 Å². The first-order valence-electron chi connectivity index (χ1n) is 15.6. The Hall–Kier alpha value is -4.69. The summed E-state index contributed by atoms with van der Waals surface area (Å²) < 4.78 is 6.29. The van der Waals surface area contributed by atoms with E-state index < -0.39 is 17.9 Å². The SMILES string of the molecule is Cc1cccc2cccc(N3CCc4c(nc(OCC5CCCN5C)nc4N4CCN(C(=O)/C=C/C(=O)O)C(CC#N)C4)C3)c12. The number of amides is 1. The van der Waals surface area contributed by atoms with E-state index in [1.807, 2.05) is 0 Å². The fraction of sp³-hybridized carbons (Fsp3) is 0.441. The van der Waals surface area contributed by atoms with Crippen molar-refractivity contribution in [3.05, 3.63) is 65.4 Å². The lowest BCUT2D eigenvalue weighted by molar-refractivity contribution is -0.133. The molecule has 0 radical (unpaired) electrons. The van der Waals surface area contributed by atoms with E-state index in [0.717, 1.165) is 61.6 Å². The Bertz CT molecular complexity index is 1660. The van der Waals surface area contributed by atoms with Crippen molar-refractivity contribution >= 4 is 34.2 Å². The zero-order valence-corrected chi connectivity index (χ0v) is 25.9. The number of piperazine rings is 1. The van der Waals surface area contributed by atoms with E-state index in [0.29, 0.717) is 44.8 Å². The summed E-state index contributed by atoms with van der Waals surface area (Å²) in [5, 5.41) is 21.0. The third-order valence-electron chi connectivity index (χ3n) is 9.29. The molecule has 11 nitrogen and oxygen atoms in total. The Morgan fingerprint density at radius 2 is 1.89 bits per heavy atom. The van der Waals surface area contributed by atoms with Crippen LogP contribution in [0.5, 0.6) is 6.01 Å². The van der Waals surface area contributed by atoms with Gasteiger partial charge in [-0.05, 0) is 56.8 Å². The molecule has 2 atom stereocenters. The number of carboxylic acid groups (broad SMARTS) is 1. The summed E-state index contributed by atoms with van der Waals surface area (Å²) in [4.78, 5) is 42.2. The van der Waals surface area contributed by atoms with Gasteiger partial charge in [-0.2, -0.15) is 15.2 Å². The number of aryl methyl sites for hydroxylation is 1. The molecule has 2 fully saturated rings. The molecule has 2 aromatic carbocycles. The zero-order chi connectivity index (χ0) is 31.5. The molecule has 3 aliphatic rings. The van der Waals surface area contributed by atoms with E-state index in [2.05, 4.69) is 71.1 Å². The molecular weight excluding hydrogens is 570 g/mol. The molecule has 234 valence electrons. The molecule has 45 heavy (non-hydrogen) atoms. The smallest absolute Gasteiger partial charge is 0.328 e. The van der Waals surface area contributed by atoms with Crippen LogP contribution in [-0.2, 0) is 22.6 Å². The quantitative estimate of drug-likeness (QED) is 0.379. The second kappa shape index (κ2) is 13.1. The molecule has 0 spiro atoms. The predicted octanol–water partition coefficient (Wildman–Crippen LogP) is 3.55. The molecular formula is C34H39N7O4. The van der Waals surface area contributed by atoms with Gasteiger partial charge in [0.05, 0.1) is 30.8 Å². The summed E-state index contributed by atoms with van der Waals surface area (Å²) >= 11 is 0. The molecule has 0 saturated carbocycles. The summed E-state index contributed by atoms with van der Waals surface area (Å²) in [6, 6.07) is 15.3. The highest BCUT2D eigenvalue weighted by Gasteiger charge is 2.34. The lowest BCUT2D eigenvalue weighted by Gasteiger charge is -2.42. The number of nitrogens with zero attached hydrogens (tertiary/aromatic N) is 7. The highest BCUT2D eigenvalue weighted by molar-refractivity contribution is 5.97. The number of likely N-dealkylation sites (tertiary alicyclic amines) is 1. The number of nitriles is 1. The fourth-order valence-corrected chi connectivity index (χ4v) is 6.91. The highest BCUT2D eigenvalue weighted by Crippen LogP contribution is 2.36. The fourth-order valence-electron chi connectivity index (χ4n) is 6.91. The minimum Gasteiger partial charge on any atom is -0.478 e. The standard InChI is InChI=1S/C34H39N7O4/c1-23-6-3-7-24-8-4-10-29(32(23)24)39-17-14-27-28(21-39)36-34(45-22-26-9-5-16-38(26)2)37-33(27)40-18-19-41(25(20-40)13-15-35)30(42)11-12-31(43)44/h3-4,6-8,10-12,25-26H,5,9,13-14,16-22H2,1-2H3,(H,43,44)/b12-11+. The van der Waals surface area contributed by atoms with Crippen LogP contribution in [-0.4, -0.2) is 95.2 Å². The molecule has 0 aliphatic carbocycles. The Morgan fingerprint density at radius 1 is 1.07 bits per heavy atom. The molecule has 2 saturated heterocycles.